The summed E-state index contributed by atoms with van der Waals surface area (Å²) in [6.45, 7) is 7.94. The minimum absolute atomic E-state index is 0. The van der Waals surface area contributed by atoms with E-state index in [1.165, 1.54) is 11.3 Å². The number of halogens is 1. The van der Waals surface area contributed by atoms with E-state index >= 15 is 0 Å². The zero-order valence-electron chi connectivity index (χ0n) is 15.1. The second-order valence-corrected chi connectivity index (χ2v) is 5.81. The number of ether oxygens (including phenoxy) is 2. The predicted molar refractivity (Wildman–Crippen MR) is 106 cm³/mol. The van der Waals surface area contributed by atoms with Crippen LogP contribution in [0.3, 0.4) is 0 Å². The van der Waals surface area contributed by atoms with E-state index in [2.05, 4.69) is 27.6 Å². The van der Waals surface area contributed by atoms with E-state index in [9.17, 15) is 0 Å². The van der Waals surface area contributed by atoms with Gasteiger partial charge in [0, 0.05) is 45.1 Å². The monoisotopic (exact) mass is 451 g/mol. The summed E-state index contributed by atoms with van der Waals surface area (Å²) in [6.07, 6.45) is 2.57. The summed E-state index contributed by atoms with van der Waals surface area (Å²) in [5, 5.41) is 11.3. The highest BCUT2D eigenvalue weighted by Crippen LogP contribution is 2.13. The van der Waals surface area contributed by atoms with Crippen molar-refractivity contribution in [2.75, 3.05) is 33.9 Å². The van der Waals surface area contributed by atoms with E-state index in [1.807, 2.05) is 11.6 Å². The van der Waals surface area contributed by atoms with Gasteiger partial charge in [-0.25, -0.2) is 0 Å². The summed E-state index contributed by atoms with van der Waals surface area (Å²) >= 11 is 0. The molecule has 0 aliphatic carbocycles. The number of nitrogens with one attached hydrogen (secondary N) is 2. The van der Waals surface area contributed by atoms with E-state index in [4.69, 9.17) is 9.47 Å². The Bertz CT molecular complexity index is 527. The number of aliphatic imine (C=N–C) groups is 1. The fourth-order valence-corrected chi connectivity index (χ4v) is 2.79. The van der Waals surface area contributed by atoms with Crippen LogP contribution in [-0.2, 0) is 22.6 Å². The second kappa shape index (κ2) is 10.9. The Kier molecular flexibility index (Phi) is 9.60. The number of hydrogen-bond acceptors (Lipinski definition) is 4. The van der Waals surface area contributed by atoms with Gasteiger partial charge in [0.2, 0.25) is 0 Å². The van der Waals surface area contributed by atoms with Gasteiger partial charge < -0.3 is 20.1 Å². The van der Waals surface area contributed by atoms with Gasteiger partial charge in [0.05, 0.1) is 24.9 Å². The molecule has 0 aromatic carbocycles. The zero-order chi connectivity index (χ0) is 16.7. The van der Waals surface area contributed by atoms with Crippen molar-refractivity contribution in [1.29, 1.82) is 0 Å². The fourth-order valence-electron chi connectivity index (χ4n) is 2.79. The minimum Gasteiger partial charge on any atom is -0.383 e. The molecule has 1 atom stereocenters. The molecule has 24 heavy (non-hydrogen) atoms. The Morgan fingerprint density at radius 1 is 1.42 bits per heavy atom. The van der Waals surface area contributed by atoms with Crippen LogP contribution in [0, 0.1) is 13.8 Å². The number of nitrogens with zero attached hydrogens (tertiary/aromatic N) is 3. The van der Waals surface area contributed by atoms with Crippen LogP contribution in [0.2, 0.25) is 0 Å². The van der Waals surface area contributed by atoms with Crippen molar-refractivity contribution in [3.8, 4) is 0 Å². The van der Waals surface area contributed by atoms with Crippen molar-refractivity contribution >= 4 is 29.9 Å². The van der Waals surface area contributed by atoms with Crippen LogP contribution in [0.1, 0.15) is 29.8 Å². The van der Waals surface area contributed by atoms with Crippen molar-refractivity contribution in [2.45, 2.75) is 45.9 Å². The average Bonchev–Trinajstić information content (AvgIpc) is 3.15. The Hall–Kier alpha value is -0.870. The highest BCUT2D eigenvalue weighted by atomic mass is 127. The van der Waals surface area contributed by atoms with E-state index in [-0.39, 0.29) is 24.0 Å². The summed E-state index contributed by atoms with van der Waals surface area (Å²) in [4.78, 5) is 4.27. The zero-order valence-corrected chi connectivity index (χ0v) is 17.4. The molecule has 1 aliphatic rings. The van der Waals surface area contributed by atoms with Gasteiger partial charge in [0.15, 0.2) is 5.96 Å². The molecule has 0 spiro atoms. The Labute approximate surface area is 161 Å². The van der Waals surface area contributed by atoms with E-state index < -0.39 is 0 Å². The van der Waals surface area contributed by atoms with Crippen molar-refractivity contribution in [3.05, 3.63) is 17.0 Å². The molecule has 2 rings (SSSR count). The largest absolute Gasteiger partial charge is 0.383 e. The molecule has 8 heteroatoms. The van der Waals surface area contributed by atoms with Crippen LogP contribution < -0.4 is 10.6 Å². The molecule has 1 aliphatic heterocycles. The number of rotatable bonds is 7. The number of aryl methyl sites for hydroxylation is 1. The molecule has 0 bridgehead atoms. The number of aromatic nitrogens is 2. The number of hydrogen-bond donors (Lipinski definition) is 2. The third-order valence-corrected chi connectivity index (χ3v) is 4.22. The van der Waals surface area contributed by atoms with E-state index in [1.54, 1.807) is 14.2 Å². The lowest BCUT2D eigenvalue weighted by Crippen LogP contribution is -2.40. The molecule has 1 fully saturated rings. The van der Waals surface area contributed by atoms with Crippen LogP contribution in [0.15, 0.2) is 4.99 Å². The molecule has 0 radical (unpaired) electrons. The summed E-state index contributed by atoms with van der Waals surface area (Å²) in [5.74, 6) is 0.795. The molecule has 2 heterocycles. The highest BCUT2D eigenvalue weighted by molar-refractivity contribution is 14.0. The molecule has 1 saturated heterocycles. The van der Waals surface area contributed by atoms with Crippen molar-refractivity contribution in [3.63, 3.8) is 0 Å². The van der Waals surface area contributed by atoms with Gasteiger partial charge in [-0.3, -0.25) is 9.67 Å². The minimum atomic E-state index is 0. The first kappa shape index (κ1) is 21.2. The summed E-state index contributed by atoms with van der Waals surface area (Å²) in [5.41, 5.74) is 3.42. The molecule has 0 saturated carbocycles. The molecular formula is C16H30IN5O2. The topological polar surface area (TPSA) is 72.7 Å². The summed E-state index contributed by atoms with van der Waals surface area (Å²) < 4.78 is 12.7. The summed E-state index contributed by atoms with van der Waals surface area (Å²) in [6, 6.07) is 0. The normalized spacial score (nSPS) is 17.7. The van der Waals surface area contributed by atoms with Crippen molar-refractivity contribution in [2.24, 2.45) is 4.99 Å². The van der Waals surface area contributed by atoms with Crippen molar-refractivity contribution in [1.82, 2.24) is 20.4 Å². The van der Waals surface area contributed by atoms with Crippen LogP contribution in [0.5, 0.6) is 0 Å². The molecule has 0 amide bonds. The second-order valence-electron chi connectivity index (χ2n) is 5.81. The van der Waals surface area contributed by atoms with Gasteiger partial charge in [-0.2, -0.15) is 5.10 Å². The maximum atomic E-state index is 5.62. The first-order chi connectivity index (χ1) is 11.2. The Morgan fingerprint density at radius 2 is 2.21 bits per heavy atom. The van der Waals surface area contributed by atoms with Crippen LogP contribution >= 0.6 is 24.0 Å². The van der Waals surface area contributed by atoms with Gasteiger partial charge >= 0.3 is 0 Å². The van der Waals surface area contributed by atoms with Crippen LogP contribution in [0.4, 0.5) is 0 Å². The maximum Gasteiger partial charge on any atom is 0.191 e. The third kappa shape index (κ3) is 5.89. The SMILES string of the molecule is CN=C(NCc1c(C)nn(CCOC)c1C)NCC1CCCO1.I. The van der Waals surface area contributed by atoms with Crippen LogP contribution in [0.25, 0.3) is 0 Å². The van der Waals surface area contributed by atoms with Gasteiger partial charge in [-0.05, 0) is 26.7 Å². The lowest BCUT2D eigenvalue weighted by molar-refractivity contribution is 0.114. The smallest absolute Gasteiger partial charge is 0.191 e. The van der Waals surface area contributed by atoms with Gasteiger partial charge in [0.1, 0.15) is 0 Å². The van der Waals surface area contributed by atoms with Crippen LogP contribution in [-0.4, -0.2) is 55.8 Å². The molecular weight excluding hydrogens is 421 g/mol. The predicted octanol–water partition coefficient (Wildman–Crippen LogP) is 1.61. The Morgan fingerprint density at radius 3 is 2.83 bits per heavy atom. The van der Waals surface area contributed by atoms with Gasteiger partial charge in [-0.15, -0.1) is 24.0 Å². The fraction of sp³-hybridized carbons (Fsp3) is 0.750. The number of guanidine groups is 1. The molecule has 138 valence electrons. The molecule has 7 nitrogen and oxygen atoms in total. The van der Waals surface area contributed by atoms with Gasteiger partial charge in [0.25, 0.3) is 0 Å². The van der Waals surface area contributed by atoms with Crippen molar-refractivity contribution < 1.29 is 9.47 Å². The average molecular weight is 451 g/mol. The summed E-state index contributed by atoms with van der Waals surface area (Å²) in [7, 11) is 3.49. The first-order valence-electron chi connectivity index (χ1n) is 8.23. The molecule has 1 aromatic heterocycles. The van der Waals surface area contributed by atoms with Gasteiger partial charge in [-0.1, -0.05) is 0 Å². The van der Waals surface area contributed by atoms with E-state index in [0.717, 1.165) is 44.2 Å². The van der Waals surface area contributed by atoms with E-state index in [0.29, 0.717) is 19.3 Å². The quantitative estimate of drug-likeness (QED) is 0.375. The standard InChI is InChI=1S/C16H29N5O2.HI/c1-12-15(13(2)21(20-12)7-9-22-4)11-19-16(17-3)18-10-14-6-5-8-23-14;/h14H,5-11H2,1-4H3,(H2,17,18,19);1H. The highest BCUT2D eigenvalue weighted by Gasteiger charge is 2.16. The lowest BCUT2D eigenvalue weighted by atomic mass is 10.2. The maximum absolute atomic E-state index is 5.62. The molecule has 2 N–H and O–H groups in total. The first-order valence-corrected chi connectivity index (χ1v) is 8.23. The lowest BCUT2D eigenvalue weighted by Gasteiger charge is -2.15. The third-order valence-electron chi connectivity index (χ3n) is 4.22. The Balaban J connectivity index is 0.00000288. The number of methoxy groups -OCH3 is 1. The molecule has 1 unspecified atom stereocenters. The molecule has 1 aromatic rings.